The topological polar surface area (TPSA) is 71.5 Å². The summed E-state index contributed by atoms with van der Waals surface area (Å²) in [6.07, 6.45) is 4.12. The maximum absolute atomic E-state index is 12.9. The molecule has 0 bridgehead atoms. The molecule has 24 heavy (non-hydrogen) atoms. The van der Waals surface area contributed by atoms with E-state index in [0.29, 0.717) is 30.8 Å². The summed E-state index contributed by atoms with van der Waals surface area (Å²) in [6, 6.07) is 9.14. The van der Waals surface area contributed by atoms with Crippen molar-refractivity contribution in [1.82, 2.24) is 10.3 Å². The fraction of sp³-hybridized carbons (Fsp3) is 0.333. The summed E-state index contributed by atoms with van der Waals surface area (Å²) in [5.41, 5.74) is -0.709. The van der Waals surface area contributed by atoms with Gasteiger partial charge < -0.3 is 15.2 Å². The Kier molecular flexibility index (Phi) is 6.26. The standard InChI is InChI=1S/C18H21FN2O3/c1-18(23,14-6-8-15(19)9-7-14)13-21-17(22)5-3-11-24-16-4-2-10-20-12-16/h2,4,6-10,12,23H,3,5,11,13H2,1H3,(H,21,22). The van der Waals surface area contributed by atoms with E-state index in [9.17, 15) is 14.3 Å². The molecular formula is C18H21FN2O3. The van der Waals surface area contributed by atoms with Gasteiger partial charge in [-0.2, -0.15) is 0 Å². The minimum atomic E-state index is -1.25. The van der Waals surface area contributed by atoms with Crippen molar-refractivity contribution in [2.24, 2.45) is 0 Å². The lowest BCUT2D eigenvalue weighted by Crippen LogP contribution is -2.38. The summed E-state index contributed by atoms with van der Waals surface area (Å²) in [7, 11) is 0. The van der Waals surface area contributed by atoms with Crippen LogP contribution in [0.15, 0.2) is 48.8 Å². The minimum Gasteiger partial charge on any atom is -0.492 e. The lowest BCUT2D eigenvalue weighted by atomic mass is 9.96. The van der Waals surface area contributed by atoms with E-state index in [0.717, 1.165) is 0 Å². The van der Waals surface area contributed by atoms with Gasteiger partial charge in [0.05, 0.1) is 19.3 Å². The molecule has 2 aromatic rings. The molecule has 5 nitrogen and oxygen atoms in total. The van der Waals surface area contributed by atoms with Crippen molar-refractivity contribution < 1.29 is 19.0 Å². The summed E-state index contributed by atoms with van der Waals surface area (Å²) in [5.74, 6) is 0.122. The van der Waals surface area contributed by atoms with E-state index in [-0.39, 0.29) is 18.3 Å². The Hall–Kier alpha value is -2.47. The molecular weight excluding hydrogens is 311 g/mol. The molecule has 1 aromatic heterocycles. The van der Waals surface area contributed by atoms with Gasteiger partial charge >= 0.3 is 0 Å². The van der Waals surface area contributed by atoms with Crippen molar-refractivity contribution >= 4 is 5.91 Å². The van der Waals surface area contributed by atoms with E-state index in [1.807, 2.05) is 0 Å². The normalized spacial score (nSPS) is 13.1. The molecule has 1 unspecified atom stereocenters. The van der Waals surface area contributed by atoms with Gasteiger partial charge in [0.1, 0.15) is 17.2 Å². The zero-order valence-corrected chi connectivity index (χ0v) is 13.5. The third-order valence-corrected chi connectivity index (χ3v) is 3.55. The number of aromatic nitrogens is 1. The van der Waals surface area contributed by atoms with Crippen LogP contribution in [0, 0.1) is 5.82 Å². The van der Waals surface area contributed by atoms with Gasteiger partial charge in [-0.3, -0.25) is 9.78 Å². The van der Waals surface area contributed by atoms with Crippen LogP contribution in [-0.2, 0) is 10.4 Å². The summed E-state index contributed by atoms with van der Waals surface area (Å²) in [5, 5.41) is 13.1. The second kappa shape index (κ2) is 8.40. The molecule has 0 radical (unpaired) electrons. The molecule has 0 fully saturated rings. The average Bonchev–Trinajstić information content (AvgIpc) is 2.58. The Bertz CT molecular complexity index is 645. The van der Waals surface area contributed by atoms with Crippen molar-refractivity contribution in [3.8, 4) is 5.75 Å². The molecule has 0 aliphatic rings. The molecule has 1 atom stereocenters. The van der Waals surface area contributed by atoms with E-state index < -0.39 is 5.60 Å². The van der Waals surface area contributed by atoms with Crippen LogP contribution in [0.1, 0.15) is 25.3 Å². The van der Waals surface area contributed by atoms with Gasteiger partial charge in [0.25, 0.3) is 0 Å². The van der Waals surface area contributed by atoms with Gasteiger partial charge in [-0.15, -0.1) is 0 Å². The first-order chi connectivity index (χ1) is 11.5. The number of ether oxygens (including phenoxy) is 1. The lowest BCUT2D eigenvalue weighted by Gasteiger charge is -2.24. The predicted molar refractivity (Wildman–Crippen MR) is 87.9 cm³/mol. The fourth-order valence-corrected chi connectivity index (χ4v) is 2.13. The van der Waals surface area contributed by atoms with Crippen molar-refractivity contribution in [2.75, 3.05) is 13.2 Å². The monoisotopic (exact) mass is 332 g/mol. The molecule has 1 aromatic carbocycles. The molecule has 0 spiro atoms. The number of aliphatic hydroxyl groups is 1. The Balaban J connectivity index is 1.69. The molecule has 1 heterocycles. The highest BCUT2D eigenvalue weighted by Crippen LogP contribution is 2.19. The Morgan fingerprint density at radius 3 is 2.75 bits per heavy atom. The molecule has 0 saturated heterocycles. The molecule has 128 valence electrons. The Morgan fingerprint density at radius 1 is 1.33 bits per heavy atom. The summed E-state index contributed by atoms with van der Waals surface area (Å²) >= 11 is 0. The van der Waals surface area contributed by atoms with Crippen molar-refractivity contribution in [3.05, 3.63) is 60.2 Å². The van der Waals surface area contributed by atoms with E-state index >= 15 is 0 Å². The number of rotatable bonds is 8. The van der Waals surface area contributed by atoms with Crippen LogP contribution in [0.5, 0.6) is 5.75 Å². The first kappa shape index (κ1) is 17.9. The number of benzene rings is 1. The highest BCUT2D eigenvalue weighted by molar-refractivity contribution is 5.75. The molecule has 0 saturated carbocycles. The summed E-state index contributed by atoms with van der Waals surface area (Å²) in [4.78, 5) is 15.8. The van der Waals surface area contributed by atoms with Gasteiger partial charge in [-0.05, 0) is 43.2 Å². The largest absolute Gasteiger partial charge is 0.492 e. The van der Waals surface area contributed by atoms with Crippen molar-refractivity contribution in [1.29, 1.82) is 0 Å². The van der Waals surface area contributed by atoms with Crippen LogP contribution in [0.2, 0.25) is 0 Å². The lowest BCUT2D eigenvalue weighted by molar-refractivity contribution is -0.122. The quantitative estimate of drug-likeness (QED) is 0.728. The molecule has 2 rings (SSSR count). The zero-order chi connectivity index (χ0) is 17.4. The Morgan fingerprint density at radius 2 is 2.08 bits per heavy atom. The molecule has 0 aliphatic carbocycles. The van der Waals surface area contributed by atoms with Crippen LogP contribution < -0.4 is 10.1 Å². The Labute approximate surface area is 140 Å². The number of nitrogens with one attached hydrogen (secondary N) is 1. The van der Waals surface area contributed by atoms with Crippen LogP contribution >= 0.6 is 0 Å². The maximum Gasteiger partial charge on any atom is 0.220 e. The second-order valence-electron chi connectivity index (χ2n) is 5.70. The number of pyridine rings is 1. The first-order valence-corrected chi connectivity index (χ1v) is 7.75. The number of hydrogen-bond acceptors (Lipinski definition) is 4. The summed E-state index contributed by atoms with van der Waals surface area (Å²) in [6.45, 7) is 2.04. The number of halogens is 1. The fourth-order valence-electron chi connectivity index (χ4n) is 2.13. The molecule has 2 N–H and O–H groups in total. The van der Waals surface area contributed by atoms with Crippen LogP contribution in [-0.4, -0.2) is 29.1 Å². The smallest absolute Gasteiger partial charge is 0.220 e. The highest BCUT2D eigenvalue weighted by Gasteiger charge is 2.23. The number of carbonyl (C=O) groups is 1. The van der Waals surface area contributed by atoms with Gasteiger partial charge in [0.2, 0.25) is 5.91 Å². The molecule has 6 heteroatoms. The van der Waals surface area contributed by atoms with Crippen molar-refractivity contribution in [3.63, 3.8) is 0 Å². The third kappa shape index (κ3) is 5.62. The number of carbonyl (C=O) groups excluding carboxylic acids is 1. The molecule has 0 aliphatic heterocycles. The van der Waals surface area contributed by atoms with E-state index in [4.69, 9.17) is 4.74 Å². The predicted octanol–water partition coefficient (Wildman–Crippen LogP) is 2.40. The minimum absolute atomic E-state index is 0.0565. The third-order valence-electron chi connectivity index (χ3n) is 3.55. The second-order valence-corrected chi connectivity index (χ2v) is 5.70. The first-order valence-electron chi connectivity index (χ1n) is 7.75. The zero-order valence-electron chi connectivity index (χ0n) is 13.5. The highest BCUT2D eigenvalue weighted by atomic mass is 19.1. The van der Waals surface area contributed by atoms with Crippen LogP contribution in [0.3, 0.4) is 0 Å². The average molecular weight is 332 g/mol. The van der Waals surface area contributed by atoms with Crippen LogP contribution in [0.25, 0.3) is 0 Å². The van der Waals surface area contributed by atoms with E-state index in [1.165, 1.54) is 24.3 Å². The maximum atomic E-state index is 12.9. The van der Waals surface area contributed by atoms with Gasteiger partial charge in [0, 0.05) is 12.6 Å². The SMILES string of the molecule is CC(O)(CNC(=O)CCCOc1cccnc1)c1ccc(F)cc1. The van der Waals surface area contributed by atoms with Gasteiger partial charge in [-0.25, -0.2) is 4.39 Å². The summed E-state index contributed by atoms with van der Waals surface area (Å²) < 4.78 is 18.4. The van der Waals surface area contributed by atoms with Gasteiger partial charge in [0.15, 0.2) is 0 Å². The van der Waals surface area contributed by atoms with E-state index in [1.54, 1.807) is 31.5 Å². The molecule has 1 amide bonds. The number of hydrogen-bond donors (Lipinski definition) is 2. The number of amides is 1. The van der Waals surface area contributed by atoms with Crippen molar-refractivity contribution in [2.45, 2.75) is 25.4 Å². The van der Waals surface area contributed by atoms with Gasteiger partial charge in [-0.1, -0.05) is 12.1 Å². The van der Waals surface area contributed by atoms with E-state index in [2.05, 4.69) is 10.3 Å². The van der Waals surface area contributed by atoms with Crippen LogP contribution in [0.4, 0.5) is 4.39 Å². The number of nitrogens with zero attached hydrogens (tertiary/aromatic N) is 1.